The second-order valence-electron chi connectivity index (χ2n) is 3.83. The Bertz CT molecular complexity index is 271. The summed E-state index contributed by atoms with van der Waals surface area (Å²) in [7, 11) is 0. The fourth-order valence-electron chi connectivity index (χ4n) is 1.12. The SMILES string of the molecule is CC(C)CCOCc1ccccc1I. The molecule has 0 heterocycles. The molecule has 14 heavy (non-hydrogen) atoms. The van der Waals surface area contributed by atoms with Crippen LogP contribution < -0.4 is 0 Å². The van der Waals surface area contributed by atoms with E-state index in [1.165, 1.54) is 9.13 Å². The topological polar surface area (TPSA) is 9.23 Å². The van der Waals surface area contributed by atoms with E-state index >= 15 is 0 Å². The molecule has 0 radical (unpaired) electrons. The van der Waals surface area contributed by atoms with Crippen LogP contribution in [0.3, 0.4) is 0 Å². The van der Waals surface area contributed by atoms with Gasteiger partial charge in [-0.3, -0.25) is 0 Å². The smallest absolute Gasteiger partial charge is 0.0727 e. The zero-order chi connectivity index (χ0) is 10.4. The molecule has 0 N–H and O–H groups in total. The van der Waals surface area contributed by atoms with Gasteiger partial charge in [0.2, 0.25) is 0 Å². The highest BCUT2D eigenvalue weighted by Crippen LogP contribution is 2.12. The van der Waals surface area contributed by atoms with E-state index in [0.29, 0.717) is 0 Å². The van der Waals surface area contributed by atoms with Crippen molar-refractivity contribution in [3.8, 4) is 0 Å². The maximum absolute atomic E-state index is 5.61. The minimum atomic E-state index is 0.727. The molecule has 0 aliphatic heterocycles. The molecule has 1 aromatic carbocycles. The average Bonchev–Trinajstić information content (AvgIpc) is 2.15. The molecule has 0 saturated heterocycles. The van der Waals surface area contributed by atoms with Crippen LogP contribution in [0.15, 0.2) is 24.3 Å². The van der Waals surface area contributed by atoms with Crippen molar-refractivity contribution in [2.45, 2.75) is 26.9 Å². The normalized spacial score (nSPS) is 10.9. The van der Waals surface area contributed by atoms with Crippen LogP contribution in [0.1, 0.15) is 25.8 Å². The summed E-state index contributed by atoms with van der Waals surface area (Å²) in [5.74, 6) is 0.727. The molecule has 0 aromatic heterocycles. The third-order valence-corrected chi connectivity index (χ3v) is 3.11. The zero-order valence-corrected chi connectivity index (χ0v) is 11.0. The molecule has 0 bridgehead atoms. The molecular formula is C12H17IO. The minimum absolute atomic E-state index is 0.727. The van der Waals surface area contributed by atoms with Gasteiger partial charge in [0.1, 0.15) is 0 Å². The number of halogens is 1. The van der Waals surface area contributed by atoms with Crippen molar-refractivity contribution in [3.63, 3.8) is 0 Å². The molecule has 0 atom stereocenters. The van der Waals surface area contributed by atoms with Crippen LogP contribution >= 0.6 is 22.6 Å². The Balaban J connectivity index is 2.28. The Hall–Kier alpha value is -0.0900. The van der Waals surface area contributed by atoms with Crippen molar-refractivity contribution in [2.75, 3.05) is 6.61 Å². The van der Waals surface area contributed by atoms with Gasteiger partial charge in [0.05, 0.1) is 6.61 Å². The van der Waals surface area contributed by atoms with Gasteiger partial charge in [-0.15, -0.1) is 0 Å². The number of rotatable bonds is 5. The van der Waals surface area contributed by atoms with Gasteiger partial charge in [0.25, 0.3) is 0 Å². The van der Waals surface area contributed by atoms with Crippen LogP contribution in [0, 0.1) is 9.49 Å². The number of hydrogen-bond acceptors (Lipinski definition) is 1. The molecule has 0 unspecified atom stereocenters. The van der Waals surface area contributed by atoms with Gasteiger partial charge in [-0.05, 0) is 46.6 Å². The van der Waals surface area contributed by atoms with Gasteiger partial charge in [-0.25, -0.2) is 0 Å². The second kappa shape index (κ2) is 6.40. The third kappa shape index (κ3) is 4.42. The van der Waals surface area contributed by atoms with Crippen LogP contribution in [0.5, 0.6) is 0 Å². The van der Waals surface area contributed by atoms with Gasteiger partial charge >= 0.3 is 0 Å². The molecule has 0 saturated carbocycles. The minimum Gasteiger partial charge on any atom is -0.377 e. The summed E-state index contributed by atoms with van der Waals surface area (Å²) in [5.41, 5.74) is 1.29. The van der Waals surface area contributed by atoms with Crippen LogP contribution in [-0.2, 0) is 11.3 Å². The van der Waals surface area contributed by atoms with Gasteiger partial charge in [-0.1, -0.05) is 32.0 Å². The summed E-state index contributed by atoms with van der Waals surface area (Å²) >= 11 is 2.35. The lowest BCUT2D eigenvalue weighted by Crippen LogP contribution is -2.00. The van der Waals surface area contributed by atoms with Gasteiger partial charge in [0, 0.05) is 10.2 Å². The predicted molar refractivity (Wildman–Crippen MR) is 68.3 cm³/mol. The Morgan fingerprint density at radius 1 is 1.29 bits per heavy atom. The van der Waals surface area contributed by atoms with Crippen molar-refractivity contribution in [1.29, 1.82) is 0 Å². The highest BCUT2D eigenvalue weighted by atomic mass is 127. The largest absolute Gasteiger partial charge is 0.377 e. The monoisotopic (exact) mass is 304 g/mol. The molecule has 78 valence electrons. The first-order valence-electron chi connectivity index (χ1n) is 5.01. The van der Waals surface area contributed by atoms with Crippen molar-refractivity contribution < 1.29 is 4.74 Å². The van der Waals surface area contributed by atoms with E-state index in [9.17, 15) is 0 Å². The Kier molecular flexibility index (Phi) is 5.48. The quantitative estimate of drug-likeness (QED) is 0.593. The van der Waals surface area contributed by atoms with Crippen LogP contribution in [0.25, 0.3) is 0 Å². The molecular weight excluding hydrogens is 287 g/mol. The third-order valence-electron chi connectivity index (χ3n) is 2.05. The fourth-order valence-corrected chi connectivity index (χ4v) is 1.66. The van der Waals surface area contributed by atoms with Gasteiger partial charge in [0.15, 0.2) is 0 Å². The molecule has 1 aromatic rings. The lowest BCUT2D eigenvalue weighted by atomic mass is 10.1. The molecule has 1 rings (SSSR count). The van der Waals surface area contributed by atoms with Crippen LogP contribution in [-0.4, -0.2) is 6.61 Å². The van der Waals surface area contributed by atoms with Crippen molar-refractivity contribution in [2.24, 2.45) is 5.92 Å². The Labute approximate surface area is 100.0 Å². The molecule has 0 spiro atoms. The molecule has 0 amide bonds. The summed E-state index contributed by atoms with van der Waals surface area (Å²) in [6.45, 7) is 6.04. The molecule has 0 aliphatic rings. The molecule has 0 fully saturated rings. The van der Waals surface area contributed by atoms with E-state index < -0.39 is 0 Å². The molecule has 1 nitrogen and oxygen atoms in total. The van der Waals surface area contributed by atoms with E-state index in [1.54, 1.807) is 0 Å². The average molecular weight is 304 g/mol. The second-order valence-corrected chi connectivity index (χ2v) is 4.99. The molecule has 2 heteroatoms. The fraction of sp³-hybridized carbons (Fsp3) is 0.500. The highest BCUT2D eigenvalue weighted by Gasteiger charge is 1.98. The van der Waals surface area contributed by atoms with Gasteiger partial charge in [-0.2, -0.15) is 0 Å². The van der Waals surface area contributed by atoms with E-state index in [2.05, 4.69) is 60.7 Å². The summed E-state index contributed by atoms with van der Waals surface area (Å²) in [4.78, 5) is 0. The Morgan fingerprint density at radius 2 is 2.00 bits per heavy atom. The zero-order valence-electron chi connectivity index (χ0n) is 8.79. The first-order valence-corrected chi connectivity index (χ1v) is 6.09. The van der Waals surface area contributed by atoms with Crippen molar-refractivity contribution in [3.05, 3.63) is 33.4 Å². The first kappa shape index (κ1) is 12.0. The highest BCUT2D eigenvalue weighted by molar-refractivity contribution is 14.1. The van der Waals surface area contributed by atoms with Crippen LogP contribution in [0.2, 0.25) is 0 Å². The number of hydrogen-bond donors (Lipinski definition) is 0. The maximum atomic E-state index is 5.61. The molecule has 0 aliphatic carbocycles. The summed E-state index contributed by atoms with van der Waals surface area (Å²) in [5, 5.41) is 0. The van der Waals surface area contributed by atoms with E-state index in [4.69, 9.17) is 4.74 Å². The summed E-state index contributed by atoms with van der Waals surface area (Å²) in [6.07, 6.45) is 1.14. The standard InChI is InChI=1S/C12H17IO/c1-10(2)7-8-14-9-11-5-3-4-6-12(11)13/h3-6,10H,7-9H2,1-2H3. The predicted octanol–water partition coefficient (Wildman–Crippen LogP) is 3.85. The van der Waals surface area contributed by atoms with E-state index in [-0.39, 0.29) is 0 Å². The Morgan fingerprint density at radius 3 is 2.64 bits per heavy atom. The van der Waals surface area contributed by atoms with Crippen LogP contribution in [0.4, 0.5) is 0 Å². The number of ether oxygens (including phenoxy) is 1. The first-order chi connectivity index (χ1) is 6.70. The van der Waals surface area contributed by atoms with E-state index in [0.717, 1.165) is 25.6 Å². The van der Waals surface area contributed by atoms with Crippen molar-refractivity contribution >= 4 is 22.6 Å². The summed E-state index contributed by atoms with van der Waals surface area (Å²) in [6, 6.07) is 8.35. The van der Waals surface area contributed by atoms with Gasteiger partial charge < -0.3 is 4.74 Å². The number of benzene rings is 1. The lowest BCUT2D eigenvalue weighted by Gasteiger charge is -2.07. The van der Waals surface area contributed by atoms with E-state index in [1.807, 2.05) is 0 Å². The maximum Gasteiger partial charge on any atom is 0.0727 e. The summed E-state index contributed by atoms with van der Waals surface area (Å²) < 4.78 is 6.89. The lowest BCUT2D eigenvalue weighted by molar-refractivity contribution is 0.110. The van der Waals surface area contributed by atoms with Crippen molar-refractivity contribution in [1.82, 2.24) is 0 Å².